The third kappa shape index (κ3) is 2.20. The molecule has 10 heavy (non-hydrogen) atoms. The van der Waals surface area contributed by atoms with Crippen LogP contribution in [0.3, 0.4) is 0 Å². The maximum absolute atomic E-state index is 10.4. The molecule has 1 aromatic heterocycles. The smallest absolute Gasteiger partial charge is 0.123 e. The molecule has 5 heteroatoms. The van der Waals surface area contributed by atoms with Crippen LogP contribution >= 0.6 is 0 Å². The van der Waals surface area contributed by atoms with Crippen LogP contribution in [0.25, 0.3) is 0 Å². The summed E-state index contributed by atoms with van der Waals surface area (Å²) in [5, 5.41) is 6.30. The maximum Gasteiger partial charge on any atom is 0.123 e. The zero-order valence-corrected chi connectivity index (χ0v) is 6.26. The molecule has 1 aromatic rings. The highest BCUT2D eigenvalue weighted by Gasteiger charge is 1.90. The number of nitrogens with one attached hydrogen (secondary N) is 1. The molecular weight excluding hydrogens is 150 g/mol. The molecular formula is C5H7N3OS. The standard InChI is InChI=1S/C5H7N3OS/c1-10(9)8-4-5-2-6-7-3-5/h2-4H,1H3,(H,6,7)/b8-4-. The summed E-state index contributed by atoms with van der Waals surface area (Å²) >= 11 is -1.12. The molecule has 0 fully saturated rings. The fraction of sp³-hybridized carbons (Fsp3) is 0.200. The lowest BCUT2D eigenvalue weighted by Crippen LogP contribution is -1.90. The van der Waals surface area contributed by atoms with Gasteiger partial charge in [0.1, 0.15) is 6.26 Å². The molecule has 0 aliphatic carbocycles. The zero-order chi connectivity index (χ0) is 7.40. The minimum Gasteiger partial charge on any atom is -0.592 e. The van der Waals surface area contributed by atoms with E-state index in [0.717, 1.165) is 5.56 Å². The molecule has 0 radical (unpaired) electrons. The fourth-order valence-electron chi connectivity index (χ4n) is 0.467. The quantitative estimate of drug-likeness (QED) is 0.489. The van der Waals surface area contributed by atoms with Gasteiger partial charge in [0.05, 0.1) is 23.8 Å². The van der Waals surface area contributed by atoms with Gasteiger partial charge < -0.3 is 4.55 Å². The van der Waals surface area contributed by atoms with Crippen molar-refractivity contribution in [3.63, 3.8) is 0 Å². The van der Waals surface area contributed by atoms with Gasteiger partial charge in [-0.3, -0.25) is 5.10 Å². The van der Waals surface area contributed by atoms with Gasteiger partial charge in [-0.05, 0) is 0 Å². The molecule has 0 saturated heterocycles. The molecule has 0 aliphatic heterocycles. The monoisotopic (exact) mass is 157 g/mol. The van der Waals surface area contributed by atoms with Gasteiger partial charge in [0.2, 0.25) is 0 Å². The van der Waals surface area contributed by atoms with Gasteiger partial charge >= 0.3 is 0 Å². The van der Waals surface area contributed by atoms with Crippen molar-refractivity contribution < 1.29 is 4.55 Å². The summed E-state index contributed by atoms with van der Waals surface area (Å²) in [5.74, 6) is 0. The lowest BCUT2D eigenvalue weighted by molar-refractivity contribution is 0.603. The first-order chi connectivity index (χ1) is 4.79. The molecule has 0 bridgehead atoms. The van der Waals surface area contributed by atoms with Crippen LogP contribution in [0, 0.1) is 0 Å². The highest BCUT2D eigenvalue weighted by atomic mass is 32.2. The Hall–Kier alpha value is -0.810. The molecule has 0 amide bonds. The molecule has 0 aromatic carbocycles. The van der Waals surface area contributed by atoms with Crippen LogP contribution in [0.15, 0.2) is 16.8 Å². The summed E-state index contributed by atoms with van der Waals surface area (Å²) < 4.78 is 14.1. The topological polar surface area (TPSA) is 64.1 Å². The van der Waals surface area contributed by atoms with E-state index in [0.29, 0.717) is 0 Å². The van der Waals surface area contributed by atoms with Crippen LogP contribution in [0.5, 0.6) is 0 Å². The third-order valence-corrected chi connectivity index (χ3v) is 1.27. The minimum atomic E-state index is -1.12. The number of aromatic amines is 1. The summed E-state index contributed by atoms with van der Waals surface area (Å²) in [7, 11) is 0. The summed E-state index contributed by atoms with van der Waals surface area (Å²) in [6.07, 6.45) is 6.31. The molecule has 1 unspecified atom stereocenters. The Morgan fingerprint density at radius 2 is 2.70 bits per heavy atom. The van der Waals surface area contributed by atoms with Gasteiger partial charge in [-0.2, -0.15) is 5.10 Å². The van der Waals surface area contributed by atoms with Crippen molar-refractivity contribution in [2.24, 2.45) is 4.40 Å². The van der Waals surface area contributed by atoms with Crippen LogP contribution in [-0.4, -0.2) is 27.2 Å². The van der Waals surface area contributed by atoms with Crippen molar-refractivity contribution in [1.82, 2.24) is 10.2 Å². The number of hydrogen-bond donors (Lipinski definition) is 1. The Balaban J connectivity index is 2.55. The molecule has 0 aliphatic rings. The Bertz CT molecular complexity index is 207. The first-order valence-electron chi connectivity index (χ1n) is 2.65. The highest BCUT2D eigenvalue weighted by Crippen LogP contribution is 1.90. The predicted octanol–water partition coefficient (Wildman–Crippen LogP) is 0.122. The summed E-state index contributed by atoms with van der Waals surface area (Å²) in [6, 6.07) is 0. The van der Waals surface area contributed by atoms with E-state index >= 15 is 0 Å². The van der Waals surface area contributed by atoms with Gasteiger partial charge in [0, 0.05) is 11.8 Å². The molecule has 54 valence electrons. The first kappa shape index (κ1) is 7.30. The predicted molar refractivity (Wildman–Crippen MR) is 40.2 cm³/mol. The van der Waals surface area contributed by atoms with Crippen molar-refractivity contribution in [2.45, 2.75) is 0 Å². The van der Waals surface area contributed by atoms with Crippen LogP contribution in [-0.2, 0) is 11.4 Å². The average molecular weight is 157 g/mol. The maximum atomic E-state index is 10.4. The van der Waals surface area contributed by atoms with Crippen LogP contribution in [0.2, 0.25) is 0 Å². The van der Waals surface area contributed by atoms with Crippen molar-refractivity contribution in [2.75, 3.05) is 6.26 Å². The van der Waals surface area contributed by atoms with Crippen molar-refractivity contribution in [3.8, 4) is 0 Å². The molecule has 4 nitrogen and oxygen atoms in total. The Morgan fingerprint density at radius 3 is 3.20 bits per heavy atom. The van der Waals surface area contributed by atoms with E-state index in [9.17, 15) is 4.55 Å². The third-order valence-electron chi connectivity index (χ3n) is 0.870. The minimum absolute atomic E-state index is 0.829. The van der Waals surface area contributed by atoms with E-state index in [4.69, 9.17) is 0 Å². The highest BCUT2D eigenvalue weighted by molar-refractivity contribution is 7.89. The second kappa shape index (κ2) is 3.38. The molecule has 1 heterocycles. The SMILES string of the molecule is C[S+]([O-])/N=C\c1cn[nH]c1. The Kier molecular flexibility index (Phi) is 2.47. The number of H-pyrrole nitrogens is 1. The second-order valence-corrected chi connectivity index (χ2v) is 2.75. The summed E-state index contributed by atoms with van der Waals surface area (Å²) in [4.78, 5) is 0. The van der Waals surface area contributed by atoms with Crippen molar-refractivity contribution in [3.05, 3.63) is 18.0 Å². The fourth-order valence-corrected chi connectivity index (χ4v) is 0.737. The summed E-state index contributed by atoms with van der Waals surface area (Å²) in [5.41, 5.74) is 0.829. The lowest BCUT2D eigenvalue weighted by Gasteiger charge is -1.90. The molecule has 1 rings (SSSR count). The van der Waals surface area contributed by atoms with Gasteiger partial charge in [-0.1, -0.05) is 4.40 Å². The van der Waals surface area contributed by atoms with Crippen LogP contribution < -0.4 is 0 Å². The van der Waals surface area contributed by atoms with E-state index < -0.39 is 11.4 Å². The second-order valence-electron chi connectivity index (χ2n) is 1.69. The molecule has 1 atom stereocenters. The van der Waals surface area contributed by atoms with Gasteiger partial charge in [-0.15, -0.1) is 0 Å². The van der Waals surface area contributed by atoms with Gasteiger partial charge in [-0.25, -0.2) is 0 Å². The van der Waals surface area contributed by atoms with Crippen LogP contribution in [0.4, 0.5) is 0 Å². The van der Waals surface area contributed by atoms with E-state index in [-0.39, 0.29) is 0 Å². The van der Waals surface area contributed by atoms with Gasteiger partial charge in [0.15, 0.2) is 0 Å². The average Bonchev–Trinajstić information content (AvgIpc) is 2.34. The van der Waals surface area contributed by atoms with Crippen molar-refractivity contribution >= 4 is 17.6 Å². The molecule has 0 saturated carbocycles. The normalized spacial score (nSPS) is 14.2. The van der Waals surface area contributed by atoms with E-state index in [1.54, 1.807) is 12.4 Å². The zero-order valence-electron chi connectivity index (χ0n) is 5.44. The molecule has 1 N–H and O–H groups in total. The molecule has 0 spiro atoms. The Labute approximate surface area is 61.7 Å². The van der Waals surface area contributed by atoms with E-state index in [1.165, 1.54) is 12.5 Å². The summed E-state index contributed by atoms with van der Waals surface area (Å²) in [6.45, 7) is 0. The van der Waals surface area contributed by atoms with Crippen LogP contribution in [0.1, 0.15) is 5.56 Å². The van der Waals surface area contributed by atoms with Gasteiger partial charge in [0.25, 0.3) is 0 Å². The number of nitrogens with zero attached hydrogens (tertiary/aromatic N) is 2. The largest absolute Gasteiger partial charge is 0.592 e. The first-order valence-corrected chi connectivity index (χ1v) is 4.17. The number of rotatable bonds is 2. The van der Waals surface area contributed by atoms with E-state index in [2.05, 4.69) is 14.6 Å². The lowest BCUT2D eigenvalue weighted by atomic mass is 10.4. The number of hydrogen-bond acceptors (Lipinski definition) is 3. The number of aromatic nitrogens is 2. The van der Waals surface area contributed by atoms with E-state index in [1.807, 2.05) is 0 Å². The Morgan fingerprint density at radius 1 is 1.90 bits per heavy atom. The van der Waals surface area contributed by atoms with Crippen molar-refractivity contribution in [1.29, 1.82) is 0 Å².